The SMILES string of the molecule is C[C@H](C[C@@H]1CC[C@H]([C@@H](C)C(=O)N2CCN(CC3CCCO3)CC2)O1)n1cc(C#CCOC(=O)OCc2ccccc2)nn1. The van der Waals surface area contributed by atoms with Crippen LogP contribution in [0.4, 0.5) is 4.79 Å². The fourth-order valence-electron chi connectivity index (χ4n) is 5.97. The molecule has 1 aromatic heterocycles. The van der Waals surface area contributed by atoms with E-state index in [4.69, 9.17) is 18.9 Å². The van der Waals surface area contributed by atoms with Crippen molar-refractivity contribution in [3.8, 4) is 11.8 Å². The number of carbonyl (C=O) groups excluding carboxylic acids is 2. The molecular formula is C32H43N5O6. The normalized spacial score (nSPS) is 23.8. The lowest BCUT2D eigenvalue weighted by atomic mass is 9.99. The van der Waals surface area contributed by atoms with E-state index in [9.17, 15) is 9.59 Å². The van der Waals surface area contributed by atoms with Gasteiger partial charge in [-0.1, -0.05) is 48.4 Å². The summed E-state index contributed by atoms with van der Waals surface area (Å²) < 4.78 is 24.0. The summed E-state index contributed by atoms with van der Waals surface area (Å²) in [5, 5.41) is 8.34. The first kappa shape index (κ1) is 31.0. The van der Waals surface area contributed by atoms with Crippen LogP contribution >= 0.6 is 0 Å². The first-order valence-electron chi connectivity index (χ1n) is 15.5. The number of hydrogen-bond acceptors (Lipinski definition) is 9. The molecule has 3 saturated heterocycles. The van der Waals surface area contributed by atoms with Gasteiger partial charge in [0.1, 0.15) is 6.61 Å². The van der Waals surface area contributed by atoms with Gasteiger partial charge in [0.05, 0.1) is 36.5 Å². The van der Waals surface area contributed by atoms with Crippen LogP contribution in [0, 0.1) is 17.8 Å². The van der Waals surface area contributed by atoms with Gasteiger partial charge in [-0.2, -0.15) is 0 Å². The predicted molar refractivity (Wildman–Crippen MR) is 158 cm³/mol. The number of rotatable bonds is 10. The Balaban J connectivity index is 0.994. The molecule has 1 aromatic carbocycles. The van der Waals surface area contributed by atoms with Crippen molar-refractivity contribution in [2.24, 2.45) is 5.92 Å². The third-order valence-corrected chi connectivity index (χ3v) is 8.50. The minimum Gasteiger partial charge on any atom is -0.429 e. The molecule has 0 saturated carbocycles. The van der Waals surface area contributed by atoms with Crippen LogP contribution in [-0.2, 0) is 30.3 Å². The van der Waals surface area contributed by atoms with Gasteiger partial charge in [0, 0.05) is 39.3 Å². The number of piperazine rings is 1. The number of ether oxygens (including phenoxy) is 4. The lowest BCUT2D eigenvalue weighted by molar-refractivity contribution is -0.142. The van der Waals surface area contributed by atoms with Gasteiger partial charge >= 0.3 is 6.16 Å². The average Bonchev–Trinajstić information content (AvgIpc) is 3.82. The van der Waals surface area contributed by atoms with Crippen LogP contribution in [0.5, 0.6) is 0 Å². The Hall–Kier alpha value is -3.46. The van der Waals surface area contributed by atoms with Crippen LogP contribution in [0.15, 0.2) is 36.5 Å². The third kappa shape index (κ3) is 9.02. The van der Waals surface area contributed by atoms with Crippen LogP contribution in [0.3, 0.4) is 0 Å². The highest BCUT2D eigenvalue weighted by Gasteiger charge is 2.36. The van der Waals surface area contributed by atoms with Gasteiger partial charge in [0.15, 0.2) is 12.3 Å². The van der Waals surface area contributed by atoms with Gasteiger partial charge in [-0.25, -0.2) is 9.48 Å². The fraction of sp³-hybridized carbons (Fsp3) is 0.625. The molecule has 11 nitrogen and oxygen atoms in total. The highest BCUT2D eigenvalue weighted by atomic mass is 16.7. The largest absolute Gasteiger partial charge is 0.509 e. The maximum absolute atomic E-state index is 13.3. The molecule has 3 fully saturated rings. The van der Waals surface area contributed by atoms with Crippen LogP contribution in [0.25, 0.3) is 0 Å². The lowest BCUT2D eigenvalue weighted by Crippen LogP contribution is -2.52. The van der Waals surface area contributed by atoms with E-state index < -0.39 is 6.16 Å². The summed E-state index contributed by atoms with van der Waals surface area (Å²) in [5.74, 6) is 5.68. The number of aromatic nitrogens is 3. The van der Waals surface area contributed by atoms with Gasteiger partial charge in [0.2, 0.25) is 5.91 Å². The van der Waals surface area contributed by atoms with E-state index in [-0.39, 0.29) is 43.3 Å². The van der Waals surface area contributed by atoms with E-state index in [0.29, 0.717) is 11.8 Å². The van der Waals surface area contributed by atoms with Gasteiger partial charge in [-0.15, -0.1) is 5.10 Å². The quantitative estimate of drug-likeness (QED) is 0.302. The maximum Gasteiger partial charge on any atom is 0.509 e. The molecule has 11 heteroatoms. The molecule has 0 radical (unpaired) electrons. The molecule has 3 aliphatic heterocycles. The van der Waals surface area contributed by atoms with E-state index in [0.717, 1.165) is 77.0 Å². The number of nitrogens with zero attached hydrogens (tertiary/aromatic N) is 5. The Morgan fingerprint density at radius 1 is 1.05 bits per heavy atom. The fourth-order valence-corrected chi connectivity index (χ4v) is 5.97. The molecule has 5 atom stereocenters. The first-order chi connectivity index (χ1) is 20.9. The summed E-state index contributed by atoms with van der Waals surface area (Å²) in [6, 6.07) is 9.44. The summed E-state index contributed by atoms with van der Waals surface area (Å²) in [4.78, 5) is 29.4. The minimum atomic E-state index is -0.769. The summed E-state index contributed by atoms with van der Waals surface area (Å²) in [5.41, 5.74) is 1.38. The molecule has 1 unspecified atom stereocenters. The molecule has 4 heterocycles. The number of hydrogen-bond donors (Lipinski definition) is 0. The molecular weight excluding hydrogens is 550 g/mol. The molecule has 5 rings (SSSR count). The second-order valence-corrected chi connectivity index (χ2v) is 11.7. The maximum atomic E-state index is 13.3. The molecule has 232 valence electrons. The van der Waals surface area contributed by atoms with Crippen LogP contribution in [-0.4, -0.2) is 101 Å². The van der Waals surface area contributed by atoms with Crippen molar-refractivity contribution in [3.63, 3.8) is 0 Å². The van der Waals surface area contributed by atoms with Crippen molar-refractivity contribution >= 4 is 12.1 Å². The van der Waals surface area contributed by atoms with Gasteiger partial charge in [-0.05, 0) is 50.5 Å². The number of carbonyl (C=O) groups is 2. The van der Waals surface area contributed by atoms with Gasteiger partial charge in [0.25, 0.3) is 0 Å². The molecule has 0 aliphatic carbocycles. The van der Waals surface area contributed by atoms with E-state index in [2.05, 4.69) is 34.0 Å². The van der Waals surface area contributed by atoms with Gasteiger partial charge in [-0.3, -0.25) is 9.69 Å². The molecule has 43 heavy (non-hydrogen) atoms. The molecule has 0 N–H and O–H groups in total. The first-order valence-corrected chi connectivity index (χ1v) is 15.5. The Morgan fingerprint density at radius 2 is 1.86 bits per heavy atom. The van der Waals surface area contributed by atoms with Crippen molar-refractivity contribution in [3.05, 3.63) is 47.8 Å². The topological polar surface area (TPSA) is 108 Å². The second-order valence-electron chi connectivity index (χ2n) is 11.7. The Labute approximate surface area is 253 Å². The van der Waals surface area contributed by atoms with Crippen LogP contribution in [0.1, 0.15) is 63.3 Å². The van der Waals surface area contributed by atoms with E-state index in [1.165, 1.54) is 0 Å². The summed E-state index contributed by atoms with van der Waals surface area (Å²) >= 11 is 0. The smallest absolute Gasteiger partial charge is 0.429 e. The monoisotopic (exact) mass is 593 g/mol. The summed E-state index contributed by atoms with van der Waals surface area (Å²) in [7, 11) is 0. The third-order valence-electron chi connectivity index (χ3n) is 8.50. The average molecular weight is 594 g/mol. The standard InChI is InChI=1S/C32H43N5O6/c1-24(37-21-27(33-34-37)10-6-19-41-32(39)42-23-26-8-4-3-5-9-26)20-28-12-13-30(43-28)25(2)31(38)36-16-14-35(15-17-36)22-29-11-7-18-40-29/h3-5,8-9,21,24-25,28-30H,7,11-20,22-23H2,1-2H3/t24-,25-,28+,29?,30-/m1/s1. The van der Waals surface area contributed by atoms with Crippen molar-refractivity contribution < 1.29 is 28.5 Å². The highest BCUT2D eigenvalue weighted by Crippen LogP contribution is 2.31. The molecule has 2 aromatic rings. The Bertz CT molecular complexity index is 1250. The lowest BCUT2D eigenvalue weighted by Gasteiger charge is -2.37. The van der Waals surface area contributed by atoms with E-state index in [1.54, 1.807) is 10.9 Å². The van der Waals surface area contributed by atoms with Crippen LogP contribution < -0.4 is 0 Å². The Kier molecular flexibility index (Phi) is 11.0. The van der Waals surface area contributed by atoms with E-state index in [1.807, 2.05) is 42.2 Å². The van der Waals surface area contributed by atoms with E-state index >= 15 is 0 Å². The van der Waals surface area contributed by atoms with Crippen molar-refractivity contribution in [1.82, 2.24) is 24.8 Å². The zero-order valence-electron chi connectivity index (χ0n) is 25.2. The molecule has 0 spiro atoms. The predicted octanol–water partition coefficient (Wildman–Crippen LogP) is 3.44. The minimum absolute atomic E-state index is 0.0546. The number of benzene rings is 1. The zero-order chi connectivity index (χ0) is 30.0. The molecule has 3 aliphatic rings. The molecule has 0 bridgehead atoms. The highest BCUT2D eigenvalue weighted by molar-refractivity contribution is 5.79. The van der Waals surface area contributed by atoms with Crippen molar-refractivity contribution in [1.29, 1.82) is 0 Å². The second kappa shape index (κ2) is 15.3. The Morgan fingerprint density at radius 3 is 2.63 bits per heavy atom. The summed E-state index contributed by atoms with van der Waals surface area (Å²) in [6.45, 7) is 9.32. The number of amides is 1. The van der Waals surface area contributed by atoms with Crippen molar-refractivity contribution in [2.45, 2.75) is 76.9 Å². The van der Waals surface area contributed by atoms with Gasteiger partial charge < -0.3 is 23.8 Å². The van der Waals surface area contributed by atoms with Crippen molar-refractivity contribution in [2.75, 3.05) is 45.9 Å². The summed E-state index contributed by atoms with van der Waals surface area (Å²) in [6.07, 6.45) is 6.23. The molecule has 1 amide bonds. The zero-order valence-corrected chi connectivity index (χ0v) is 25.2. The van der Waals surface area contributed by atoms with Crippen LogP contribution in [0.2, 0.25) is 0 Å².